The van der Waals surface area contributed by atoms with Crippen molar-refractivity contribution < 1.29 is 13.2 Å². The lowest BCUT2D eigenvalue weighted by Crippen LogP contribution is -2.25. The van der Waals surface area contributed by atoms with Gasteiger partial charge in [0.1, 0.15) is 0 Å². The number of hydrogen-bond acceptors (Lipinski definition) is 4. The third-order valence-electron chi connectivity index (χ3n) is 2.79. The molecule has 0 spiro atoms. The number of nitriles is 1. The Bertz CT molecular complexity index is 603. The van der Waals surface area contributed by atoms with E-state index >= 15 is 0 Å². The molecule has 0 fully saturated rings. The molecule has 0 unspecified atom stereocenters. The Morgan fingerprint density at radius 2 is 2.10 bits per heavy atom. The topological polar surface area (TPSA) is 87.0 Å². The number of benzene rings is 1. The first-order valence-electron chi connectivity index (χ1n) is 6.51. The highest BCUT2D eigenvalue weighted by atomic mass is 32.2. The molecule has 0 radical (unpaired) electrons. The molecule has 108 valence electrons. The van der Waals surface area contributed by atoms with Gasteiger partial charge in [0.15, 0.2) is 5.78 Å². The third-order valence-corrected chi connectivity index (χ3v) is 4.25. The third kappa shape index (κ3) is 4.76. The van der Waals surface area contributed by atoms with Crippen LogP contribution in [0.1, 0.15) is 43.0 Å². The molecular formula is C14H18N2O3S. The maximum atomic E-state index is 12.0. The van der Waals surface area contributed by atoms with Crippen LogP contribution in [0.15, 0.2) is 29.2 Å². The molecule has 1 aromatic rings. The van der Waals surface area contributed by atoms with Gasteiger partial charge in [-0.3, -0.25) is 4.79 Å². The Morgan fingerprint density at radius 3 is 2.75 bits per heavy atom. The zero-order valence-corrected chi connectivity index (χ0v) is 12.2. The molecule has 0 atom stereocenters. The minimum atomic E-state index is -3.60. The molecule has 0 aromatic heterocycles. The Labute approximate surface area is 119 Å². The van der Waals surface area contributed by atoms with E-state index in [4.69, 9.17) is 5.26 Å². The second kappa shape index (κ2) is 7.78. The highest BCUT2D eigenvalue weighted by Gasteiger charge is 2.15. The van der Waals surface area contributed by atoms with Crippen LogP contribution in [0, 0.1) is 11.3 Å². The number of Topliss-reactive ketones (excluding diaryl/α,β-unsaturated/α-hetero) is 1. The zero-order valence-electron chi connectivity index (χ0n) is 11.4. The fourth-order valence-electron chi connectivity index (χ4n) is 1.66. The number of nitrogens with one attached hydrogen (secondary N) is 1. The fraction of sp³-hybridized carbons (Fsp3) is 0.429. The predicted molar refractivity (Wildman–Crippen MR) is 75.7 cm³/mol. The molecule has 20 heavy (non-hydrogen) atoms. The van der Waals surface area contributed by atoms with E-state index in [2.05, 4.69) is 4.72 Å². The molecule has 1 aromatic carbocycles. The van der Waals surface area contributed by atoms with Crippen molar-refractivity contribution in [2.24, 2.45) is 0 Å². The summed E-state index contributed by atoms with van der Waals surface area (Å²) in [5.41, 5.74) is 0.403. The van der Waals surface area contributed by atoms with Crippen molar-refractivity contribution in [2.75, 3.05) is 6.54 Å². The van der Waals surface area contributed by atoms with E-state index in [-0.39, 0.29) is 17.2 Å². The summed E-state index contributed by atoms with van der Waals surface area (Å²) >= 11 is 0. The van der Waals surface area contributed by atoms with Crippen molar-refractivity contribution in [1.82, 2.24) is 4.72 Å². The molecule has 0 heterocycles. The second-order valence-electron chi connectivity index (χ2n) is 4.32. The van der Waals surface area contributed by atoms with Gasteiger partial charge >= 0.3 is 0 Å². The van der Waals surface area contributed by atoms with E-state index in [9.17, 15) is 13.2 Å². The van der Waals surface area contributed by atoms with Crippen molar-refractivity contribution in [3.63, 3.8) is 0 Å². The zero-order chi connectivity index (χ0) is 15.0. The number of hydrogen-bond donors (Lipinski definition) is 1. The lowest BCUT2D eigenvalue weighted by molar-refractivity contribution is 0.0988. The van der Waals surface area contributed by atoms with E-state index < -0.39 is 10.0 Å². The van der Waals surface area contributed by atoms with Crippen LogP contribution >= 0.6 is 0 Å². The van der Waals surface area contributed by atoms with Gasteiger partial charge in [0, 0.05) is 24.9 Å². The first-order chi connectivity index (χ1) is 9.51. The summed E-state index contributed by atoms with van der Waals surface area (Å²) in [5, 5.41) is 8.39. The average molecular weight is 294 g/mol. The molecule has 0 amide bonds. The quantitative estimate of drug-likeness (QED) is 0.588. The number of unbranched alkanes of at least 4 members (excludes halogenated alkanes) is 2. The summed E-state index contributed by atoms with van der Waals surface area (Å²) < 4.78 is 26.6. The Balaban J connectivity index is 2.73. The summed E-state index contributed by atoms with van der Waals surface area (Å²) in [7, 11) is -3.60. The maximum absolute atomic E-state index is 12.0. The Morgan fingerprint density at radius 1 is 1.35 bits per heavy atom. The number of rotatable bonds is 8. The molecule has 1 N–H and O–H groups in total. The SMILES string of the molecule is CCC(=O)c1cccc(S(=O)(=O)NCCCCC#N)c1. The summed E-state index contributed by atoms with van der Waals surface area (Å²) in [6.07, 6.45) is 2.03. The fourth-order valence-corrected chi connectivity index (χ4v) is 2.78. The standard InChI is InChI=1S/C14H18N2O3S/c1-2-14(17)12-7-6-8-13(11-12)20(18,19)16-10-5-3-4-9-15/h6-8,11,16H,2-5,10H2,1H3. The average Bonchev–Trinajstić information content (AvgIpc) is 2.46. The monoisotopic (exact) mass is 294 g/mol. The molecule has 0 saturated carbocycles. The summed E-state index contributed by atoms with van der Waals surface area (Å²) in [4.78, 5) is 11.7. The predicted octanol–water partition coefficient (Wildman–Crippen LogP) is 2.25. The van der Waals surface area contributed by atoms with Gasteiger partial charge in [-0.05, 0) is 25.0 Å². The van der Waals surface area contributed by atoms with Crippen LogP contribution in [0.3, 0.4) is 0 Å². The molecular weight excluding hydrogens is 276 g/mol. The van der Waals surface area contributed by atoms with E-state index in [0.717, 1.165) is 0 Å². The van der Waals surface area contributed by atoms with Crippen molar-refractivity contribution in [3.05, 3.63) is 29.8 Å². The molecule has 0 saturated heterocycles. The van der Waals surface area contributed by atoms with E-state index in [0.29, 0.717) is 31.2 Å². The molecule has 0 bridgehead atoms. The highest BCUT2D eigenvalue weighted by molar-refractivity contribution is 7.89. The second-order valence-corrected chi connectivity index (χ2v) is 6.08. The normalized spacial score (nSPS) is 11.0. The van der Waals surface area contributed by atoms with Crippen LogP contribution in [0.25, 0.3) is 0 Å². The highest BCUT2D eigenvalue weighted by Crippen LogP contribution is 2.13. The van der Waals surface area contributed by atoms with E-state index in [1.165, 1.54) is 12.1 Å². The van der Waals surface area contributed by atoms with Gasteiger partial charge in [-0.1, -0.05) is 19.1 Å². The largest absolute Gasteiger partial charge is 0.294 e. The lowest BCUT2D eigenvalue weighted by atomic mass is 10.1. The number of sulfonamides is 1. The lowest BCUT2D eigenvalue weighted by Gasteiger charge is -2.07. The maximum Gasteiger partial charge on any atom is 0.240 e. The van der Waals surface area contributed by atoms with Crippen LogP contribution in [0.4, 0.5) is 0 Å². The minimum absolute atomic E-state index is 0.0870. The first kappa shape index (κ1) is 16.3. The molecule has 5 nitrogen and oxygen atoms in total. The Hall–Kier alpha value is -1.71. The van der Waals surface area contributed by atoms with Gasteiger partial charge in [0.25, 0.3) is 0 Å². The van der Waals surface area contributed by atoms with Crippen molar-refractivity contribution in [2.45, 2.75) is 37.5 Å². The number of ketones is 1. The van der Waals surface area contributed by atoms with Gasteiger partial charge in [-0.25, -0.2) is 13.1 Å². The van der Waals surface area contributed by atoms with E-state index in [1.807, 2.05) is 6.07 Å². The van der Waals surface area contributed by atoms with Gasteiger partial charge in [0.05, 0.1) is 11.0 Å². The Kier molecular flexibility index (Phi) is 6.36. The minimum Gasteiger partial charge on any atom is -0.294 e. The van der Waals surface area contributed by atoms with Gasteiger partial charge in [0.2, 0.25) is 10.0 Å². The van der Waals surface area contributed by atoms with Crippen LogP contribution in [-0.2, 0) is 10.0 Å². The van der Waals surface area contributed by atoms with Crippen LogP contribution in [-0.4, -0.2) is 20.7 Å². The molecule has 0 aliphatic carbocycles. The van der Waals surface area contributed by atoms with Gasteiger partial charge < -0.3 is 0 Å². The van der Waals surface area contributed by atoms with Crippen molar-refractivity contribution in [1.29, 1.82) is 5.26 Å². The number of carbonyl (C=O) groups is 1. The molecule has 1 rings (SSSR count). The van der Waals surface area contributed by atoms with Crippen LogP contribution < -0.4 is 4.72 Å². The molecule has 0 aliphatic heterocycles. The molecule has 6 heteroatoms. The number of carbonyl (C=O) groups excluding carboxylic acids is 1. The smallest absolute Gasteiger partial charge is 0.240 e. The summed E-state index contributed by atoms with van der Waals surface area (Å²) in [5.74, 6) is -0.0870. The first-order valence-corrected chi connectivity index (χ1v) is 7.99. The van der Waals surface area contributed by atoms with Crippen LogP contribution in [0.2, 0.25) is 0 Å². The van der Waals surface area contributed by atoms with E-state index in [1.54, 1.807) is 19.1 Å². The summed E-state index contributed by atoms with van der Waals surface area (Å²) in [6, 6.07) is 8.03. The molecule has 0 aliphatic rings. The number of nitrogens with zero attached hydrogens (tertiary/aromatic N) is 1. The van der Waals surface area contributed by atoms with Crippen molar-refractivity contribution in [3.8, 4) is 6.07 Å². The van der Waals surface area contributed by atoms with Crippen LogP contribution in [0.5, 0.6) is 0 Å². The van der Waals surface area contributed by atoms with Gasteiger partial charge in [-0.2, -0.15) is 5.26 Å². The summed E-state index contributed by atoms with van der Waals surface area (Å²) in [6.45, 7) is 2.02. The van der Waals surface area contributed by atoms with Gasteiger partial charge in [-0.15, -0.1) is 0 Å². The van der Waals surface area contributed by atoms with Crippen molar-refractivity contribution >= 4 is 15.8 Å².